The van der Waals surface area contributed by atoms with Crippen LogP contribution < -0.4 is 0 Å². The lowest BCUT2D eigenvalue weighted by molar-refractivity contribution is 0.0688. The summed E-state index contributed by atoms with van der Waals surface area (Å²) >= 11 is 0. The summed E-state index contributed by atoms with van der Waals surface area (Å²) in [4.78, 5) is 29.0. The molecule has 0 unspecified atom stereocenters. The first-order valence-electron chi connectivity index (χ1n) is 7.74. The smallest absolute Gasteiger partial charge is 0.354 e. The van der Waals surface area contributed by atoms with Gasteiger partial charge in [0, 0.05) is 30.4 Å². The van der Waals surface area contributed by atoms with E-state index in [-0.39, 0.29) is 11.6 Å². The number of aromatic nitrogens is 1. The molecule has 1 aliphatic heterocycles. The van der Waals surface area contributed by atoms with Gasteiger partial charge in [-0.05, 0) is 43.0 Å². The number of carbonyl (C=O) groups excluding carboxylic acids is 1. The van der Waals surface area contributed by atoms with E-state index in [1.54, 1.807) is 6.07 Å². The van der Waals surface area contributed by atoms with E-state index >= 15 is 0 Å². The summed E-state index contributed by atoms with van der Waals surface area (Å²) < 4.78 is 0. The van der Waals surface area contributed by atoms with Gasteiger partial charge in [-0.15, -0.1) is 0 Å². The van der Waals surface area contributed by atoms with Crippen LogP contribution in [-0.4, -0.2) is 40.0 Å². The molecule has 0 atom stereocenters. The molecule has 2 heterocycles. The van der Waals surface area contributed by atoms with E-state index < -0.39 is 5.97 Å². The third kappa shape index (κ3) is 3.39. The highest BCUT2D eigenvalue weighted by molar-refractivity contribution is 5.94. The zero-order valence-corrected chi connectivity index (χ0v) is 12.7. The third-order valence-corrected chi connectivity index (χ3v) is 4.09. The zero-order valence-electron chi connectivity index (χ0n) is 12.7. The maximum atomic E-state index is 12.4. The first-order chi connectivity index (χ1) is 11.1. The fourth-order valence-corrected chi connectivity index (χ4v) is 2.78. The first-order valence-corrected chi connectivity index (χ1v) is 7.74. The van der Waals surface area contributed by atoms with Gasteiger partial charge >= 0.3 is 5.97 Å². The Balaban J connectivity index is 1.76. The van der Waals surface area contributed by atoms with E-state index in [0.29, 0.717) is 5.56 Å². The van der Waals surface area contributed by atoms with Crippen LogP contribution in [0.25, 0.3) is 11.1 Å². The molecule has 1 aromatic carbocycles. The predicted octanol–water partition coefficient (Wildman–Crippen LogP) is 3.07. The molecule has 23 heavy (non-hydrogen) atoms. The molecule has 0 radical (unpaired) electrons. The van der Waals surface area contributed by atoms with Crippen molar-refractivity contribution >= 4 is 11.9 Å². The van der Waals surface area contributed by atoms with Crippen LogP contribution in [0.3, 0.4) is 0 Å². The lowest BCUT2D eigenvalue weighted by Gasteiger charge is -2.26. The number of benzene rings is 1. The van der Waals surface area contributed by atoms with E-state index in [1.807, 2.05) is 29.2 Å². The maximum absolute atomic E-state index is 12.4. The summed E-state index contributed by atoms with van der Waals surface area (Å²) in [6.07, 6.45) is 4.88. The number of hydrogen-bond donors (Lipinski definition) is 1. The number of nitrogens with zero attached hydrogens (tertiary/aromatic N) is 2. The second-order valence-corrected chi connectivity index (χ2v) is 5.67. The van der Waals surface area contributed by atoms with Gasteiger partial charge in [-0.1, -0.05) is 18.2 Å². The average molecular weight is 310 g/mol. The van der Waals surface area contributed by atoms with Gasteiger partial charge in [0.1, 0.15) is 5.69 Å². The van der Waals surface area contributed by atoms with Crippen molar-refractivity contribution in [2.24, 2.45) is 0 Å². The number of pyridine rings is 1. The molecule has 1 aromatic heterocycles. The monoisotopic (exact) mass is 310 g/mol. The predicted molar refractivity (Wildman–Crippen MR) is 86.4 cm³/mol. The van der Waals surface area contributed by atoms with Gasteiger partial charge in [0.25, 0.3) is 5.91 Å². The van der Waals surface area contributed by atoms with Gasteiger partial charge in [0.2, 0.25) is 0 Å². The zero-order chi connectivity index (χ0) is 16.2. The highest BCUT2D eigenvalue weighted by atomic mass is 16.4. The Hall–Kier alpha value is -2.69. The number of carboxylic acids is 1. The minimum absolute atomic E-state index is 0.0191. The number of carboxylic acid groups (broad SMARTS) is 1. The molecular weight excluding hydrogens is 292 g/mol. The van der Waals surface area contributed by atoms with Crippen LogP contribution in [0.5, 0.6) is 0 Å². The molecule has 1 N–H and O–H groups in total. The minimum atomic E-state index is -1.04. The van der Waals surface area contributed by atoms with Crippen LogP contribution in [0.15, 0.2) is 42.6 Å². The summed E-state index contributed by atoms with van der Waals surface area (Å²) in [6.45, 7) is 1.67. The van der Waals surface area contributed by atoms with Crippen LogP contribution in [-0.2, 0) is 0 Å². The quantitative estimate of drug-likeness (QED) is 0.946. The molecule has 5 heteroatoms. The van der Waals surface area contributed by atoms with E-state index in [1.165, 1.54) is 18.7 Å². The summed E-state index contributed by atoms with van der Waals surface area (Å²) in [6, 6.07) is 10.6. The summed E-state index contributed by atoms with van der Waals surface area (Å²) in [5, 5.41) is 8.86. The third-order valence-electron chi connectivity index (χ3n) is 4.09. The topological polar surface area (TPSA) is 70.5 Å². The van der Waals surface area contributed by atoms with Crippen molar-refractivity contribution in [1.29, 1.82) is 0 Å². The normalized spacial score (nSPS) is 14.5. The largest absolute Gasteiger partial charge is 0.477 e. The Bertz CT molecular complexity index is 702. The number of carbonyl (C=O) groups is 2. The van der Waals surface area contributed by atoms with Crippen LogP contribution in [0, 0.1) is 0 Å². The van der Waals surface area contributed by atoms with Crippen molar-refractivity contribution in [2.75, 3.05) is 13.1 Å². The van der Waals surface area contributed by atoms with Crippen LogP contribution >= 0.6 is 0 Å². The number of hydrogen-bond acceptors (Lipinski definition) is 3. The average Bonchev–Trinajstić information content (AvgIpc) is 2.62. The first kappa shape index (κ1) is 15.2. The lowest BCUT2D eigenvalue weighted by atomic mass is 10.0. The molecule has 3 rings (SSSR count). The van der Waals surface area contributed by atoms with Crippen molar-refractivity contribution in [3.63, 3.8) is 0 Å². The van der Waals surface area contributed by atoms with E-state index in [4.69, 9.17) is 5.11 Å². The summed E-state index contributed by atoms with van der Waals surface area (Å²) in [7, 11) is 0. The number of piperidine rings is 1. The molecule has 2 aromatic rings. The molecular formula is C18H18N2O3. The van der Waals surface area contributed by atoms with Crippen molar-refractivity contribution in [1.82, 2.24) is 9.88 Å². The SMILES string of the molecule is O=C(O)c1ccc(-c2ccc(C(=O)N3CCCCC3)cc2)cn1. The van der Waals surface area contributed by atoms with Crippen molar-refractivity contribution in [3.05, 3.63) is 53.9 Å². The van der Waals surface area contributed by atoms with Crippen molar-refractivity contribution in [2.45, 2.75) is 19.3 Å². The molecule has 0 aliphatic carbocycles. The molecule has 5 nitrogen and oxygen atoms in total. The second kappa shape index (κ2) is 6.60. The molecule has 0 spiro atoms. The van der Waals surface area contributed by atoms with Gasteiger partial charge in [0.05, 0.1) is 0 Å². The highest BCUT2D eigenvalue weighted by Gasteiger charge is 2.17. The summed E-state index contributed by atoms with van der Waals surface area (Å²) in [5.74, 6) is -0.963. The molecule has 0 saturated carbocycles. The minimum Gasteiger partial charge on any atom is -0.477 e. The Labute approximate surface area is 134 Å². The van der Waals surface area contributed by atoms with Crippen LogP contribution in [0.1, 0.15) is 40.1 Å². The molecule has 1 fully saturated rings. The lowest BCUT2D eigenvalue weighted by Crippen LogP contribution is -2.35. The van der Waals surface area contributed by atoms with E-state index in [0.717, 1.165) is 37.1 Å². The maximum Gasteiger partial charge on any atom is 0.354 e. The standard InChI is InChI=1S/C18H18N2O3/c21-17(20-10-2-1-3-11-20)14-6-4-13(5-7-14)15-8-9-16(18(22)23)19-12-15/h4-9,12H,1-3,10-11H2,(H,22,23). The molecule has 0 bridgehead atoms. The van der Waals surface area contributed by atoms with Gasteiger partial charge in [-0.2, -0.15) is 0 Å². The van der Waals surface area contributed by atoms with Gasteiger partial charge in [-0.3, -0.25) is 4.79 Å². The van der Waals surface area contributed by atoms with Gasteiger partial charge in [0.15, 0.2) is 0 Å². The fourth-order valence-electron chi connectivity index (χ4n) is 2.78. The van der Waals surface area contributed by atoms with Gasteiger partial charge < -0.3 is 10.0 Å². The molecule has 1 saturated heterocycles. The number of likely N-dealkylation sites (tertiary alicyclic amines) is 1. The van der Waals surface area contributed by atoms with Gasteiger partial charge in [-0.25, -0.2) is 9.78 Å². The van der Waals surface area contributed by atoms with Crippen molar-refractivity contribution in [3.8, 4) is 11.1 Å². The molecule has 1 aliphatic rings. The number of rotatable bonds is 3. The number of aromatic carboxylic acids is 1. The Morgan fingerprint density at radius 1 is 0.913 bits per heavy atom. The Morgan fingerprint density at radius 2 is 1.57 bits per heavy atom. The summed E-state index contributed by atoms with van der Waals surface area (Å²) in [5.41, 5.74) is 2.44. The van der Waals surface area contributed by atoms with Crippen molar-refractivity contribution < 1.29 is 14.7 Å². The molecule has 118 valence electrons. The molecule has 1 amide bonds. The Morgan fingerprint density at radius 3 is 2.13 bits per heavy atom. The fraction of sp³-hybridized carbons (Fsp3) is 0.278. The highest BCUT2D eigenvalue weighted by Crippen LogP contribution is 2.20. The van der Waals surface area contributed by atoms with Crippen LogP contribution in [0.4, 0.5) is 0 Å². The van der Waals surface area contributed by atoms with E-state index in [2.05, 4.69) is 4.98 Å². The second-order valence-electron chi connectivity index (χ2n) is 5.67. The van der Waals surface area contributed by atoms with E-state index in [9.17, 15) is 9.59 Å². The van der Waals surface area contributed by atoms with Crippen LogP contribution in [0.2, 0.25) is 0 Å². The number of amides is 1. The Kier molecular flexibility index (Phi) is 4.37.